The van der Waals surface area contributed by atoms with E-state index in [4.69, 9.17) is 10.2 Å². The molecule has 1 aliphatic rings. The number of rotatable bonds is 6. The van der Waals surface area contributed by atoms with Gasteiger partial charge in [-0.2, -0.15) is 0 Å². The van der Waals surface area contributed by atoms with Crippen LogP contribution in [0.25, 0.3) is 0 Å². The lowest BCUT2D eigenvalue weighted by molar-refractivity contribution is -0.144. The third-order valence-corrected chi connectivity index (χ3v) is 3.23. The number of carboxylic acids is 1. The molecule has 1 fully saturated rings. The lowest BCUT2D eigenvalue weighted by Crippen LogP contribution is -2.44. The first-order valence-corrected chi connectivity index (χ1v) is 5.84. The summed E-state index contributed by atoms with van der Waals surface area (Å²) in [6, 6.07) is 0. The average molecular weight is 231 g/mol. The standard InChI is InChI=1S/C11H21NO4/c13-7-1-6-12-8-11(16)4-2-9(3-5-11)10(14)15/h9,12-13,16H,1-8H2,(H,14,15). The third kappa shape index (κ3) is 4.08. The van der Waals surface area contributed by atoms with Crippen molar-refractivity contribution in [3.8, 4) is 0 Å². The van der Waals surface area contributed by atoms with Gasteiger partial charge in [-0.25, -0.2) is 0 Å². The van der Waals surface area contributed by atoms with E-state index in [1.165, 1.54) is 0 Å². The number of hydrogen-bond acceptors (Lipinski definition) is 4. The molecule has 1 saturated carbocycles. The van der Waals surface area contributed by atoms with E-state index >= 15 is 0 Å². The van der Waals surface area contributed by atoms with Crippen molar-refractivity contribution in [3.63, 3.8) is 0 Å². The summed E-state index contributed by atoms with van der Waals surface area (Å²) in [4.78, 5) is 10.7. The van der Waals surface area contributed by atoms with Crippen molar-refractivity contribution in [2.45, 2.75) is 37.7 Å². The number of hydrogen-bond donors (Lipinski definition) is 4. The van der Waals surface area contributed by atoms with Crippen LogP contribution in [0.1, 0.15) is 32.1 Å². The van der Waals surface area contributed by atoms with Crippen molar-refractivity contribution < 1.29 is 20.1 Å². The molecule has 1 aliphatic carbocycles. The molecule has 0 aromatic carbocycles. The minimum absolute atomic E-state index is 0.145. The van der Waals surface area contributed by atoms with Gasteiger partial charge in [0.1, 0.15) is 0 Å². The van der Waals surface area contributed by atoms with E-state index in [2.05, 4.69) is 5.32 Å². The number of carbonyl (C=O) groups is 1. The highest BCUT2D eigenvalue weighted by Crippen LogP contribution is 2.31. The Morgan fingerprint density at radius 2 is 2.00 bits per heavy atom. The van der Waals surface area contributed by atoms with Crippen molar-refractivity contribution in [2.24, 2.45) is 5.92 Å². The molecule has 0 atom stereocenters. The molecule has 1 rings (SSSR count). The zero-order valence-electron chi connectivity index (χ0n) is 9.48. The summed E-state index contributed by atoms with van der Waals surface area (Å²) in [6.07, 6.45) is 2.85. The number of aliphatic hydroxyl groups excluding tert-OH is 1. The van der Waals surface area contributed by atoms with E-state index in [9.17, 15) is 9.90 Å². The van der Waals surface area contributed by atoms with Gasteiger partial charge in [0, 0.05) is 13.2 Å². The molecule has 16 heavy (non-hydrogen) atoms. The first-order valence-electron chi connectivity index (χ1n) is 5.84. The Balaban J connectivity index is 2.24. The lowest BCUT2D eigenvalue weighted by Gasteiger charge is -2.34. The Bertz CT molecular complexity index is 224. The van der Waals surface area contributed by atoms with Crippen LogP contribution in [0.4, 0.5) is 0 Å². The monoisotopic (exact) mass is 231 g/mol. The van der Waals surface area contributed by atoms with Crippen molar-refractivity contribution in [1.82, 2.24) is 5.32 Å². The highest BCUT2D eigenvalue weighted by atomic mass is 16.4. The van der Waals surface area contributed by atoms with Gasteiger partial charge in [0.2, 0.25) is 0 Å². The summed E-state index contributed by atoms with van der Waals surface area (Å²) >= 11 is 0. The summed E-state index contributed by atoms with van der Waals surface area (Å²) in [5.74, 6) is -1.05. The molecule has 5 heteroatoms. The topological polar surface area (TPSA) is 89.8 Å². The molecule has 0 unspecified atom stereocenters. The molecule has 94 valence electrons. The Labute approximate surface area is 95.5 Å². The molecule has 0 aromatic rings. The van der Waals surface area contributed by atoms with E-state index in [1.807, 2.05) is 0 Å². The second-order valence-electron chi connectivity index (χ2n) is 4.59. The Hall–Kier alpha value is -0.650. The molecular formula is C11H21NO4. The minimum atomic E-state index is -0.762. The van der Waals surface area contributed by atoms with Gasteiger partial charge in [-0.1, -0.05) is 0 Å². The van der Waals surface area contributed by atoms with Crippen molar-refractivity contribution in [1.29, 1.82) is 0 Å². The van der Waals surface area contributed by atoms with Crippen molar-refractivity contribution >= 4 is 5.97 Å². The maximum atomic E-state index is 10.7. The predicted octanol–water partition coefficient (Wildman–Crippen LogP) is -0.0357. The third-order valence-electron chi connectivity index (χ3n) is 3.23. The second-order valence-corrected chi connectivity index (χ2v) is 4.59. The Morgan fingerprint density at radius 3 is 2.50 bits per heavy atom. The Morgan fingerprint density at radius 1 is 1.38 bits per heavy atom. The maximum Gasteiger partial charge on any atom is 0.306 e. The van der Waals surface area contributed by atoms with Gasteiger partial charge in [-0.05, 0) is 38.6 Å². The van der Waals surface area contributed by atoms with Gasteiger partial charge in [-0.15, -0.1) is 0 Å². The van der Waals surface area contributed by atoms with Crippen LogP contribution >= 0.6 is 0 Å². The van der Waals surface area contributed by atoms with Gasteiger partial charge in [0.25, 0.3) is 0 Å². The summed E-state index contributed by atoms with van der Waals surface area (Å²) in [6.45, 7) is 1.31. The molecule has 0 spiro atoms. The van der Waals surface area contributed by atoms with E-state index < -0.39 is 11.6 Å². The van der Waals surface area contributed by atoms with Gasteiger partial charge in [0.15, 0.2) is 0 Å². The fraction of sp³-hybridized carbons (Fsp3) is 0.909. The van der Waals surface area contributed by atoms with Crippen molar-refractivity contribution in [2.75, 3.05) is 19.7 Å². The molecule has 0 radical (unpaired) electrons. The SMILES string of the molecule is O=C(O)C1CCC(O)(CNCCCO)CC1. The molecule has 0 amide bonds. The first kappa shape index (κ1) is 13.4. The molecule has 0 aromatic heterocycles. The summed E-state index contributed by atoms with van der Waals surface area (Å²) in [5.41, 5.74) is -0.762. The first-order chi connectivity index (χ1) is 7.57. The van der Waals surface area contributed by atoms with Gasteiger partial charge in [-0.3, -0.25) is 4.79 Å². The Kier molecular flexibility index (Phi) is 5.18. The number of aliphatic carboxylic acids is 1. The largest absolute Gasteiger partial charge is 0.481 e. The van der Waals surface area contributed by atoms with Crippen LogP contribution in [0.2, 0.25) is 0 Å². The zero-order valence-corrected chi connectivity index (χ0v) is 9.48. The fourth-order valence-corrected chi connectivity index (χ4v) is 2.10. The summed E-state index contributed by atoms with van der Waals surface area (Å²) in [7, 11) is 0. The van der Waals surface area contributed by atoms with Crippen LogP contribution in [0.5, 0.6) is 0 Å². The normalized spacial score (nSPS) is 30.2. The maximum absolute atomic E-state index is 10.7. The average Bonchev–Trinajstić information content (AvgIpc) is 2.25. The molecular weight excluding hydrogens is 210 g/mol. The van der Waals surface area contributed by atoms with Crippen LogP contribution in [-0.2, 0) is 4.79 Å². The van der Waals surface area contributed by atoms with E-state index in [-0.39, 0.29) is 12.5 Å². The number of carboxylic acid groups (broad SMARTS) is 1. The molecule has 0 heterocycles. The van der Waals surface area contributed by atoms with Gasteiger partial charge < -0.3 is 20.6 Å². The van der Waals surface area contributed by atoms with Gasteiger partial charge >= 0.3 is 5.97 Å². The molecule has 0 bridgehead atoms. The van der Waals surface area contributed by atoms with Crippen molar-refractivity contribution in [3.05, 3.63) is 0 Å². The highest BCUT2D eigenvalue weighted by molar-refractivity contribution is 5.70. The molecule has 5 nitrogen and oxygen atoms in total. The lowest BCUT2D eigenvalue weighted by atomic mass is 9.79. The van der Waals surface area contributed by atoms with E-state index in [0.29, 0.717) is 45.2 Å². The second kappa shape index (κ2) is 6.18. The van der Waals surface area contributed by atoms with E-state index in [1.54, 1.807) is 0 Å². The van der Waals surface area contributed by atoms with Crippen LogP contribution in [0.15, 0.2) is 0 Å². The smallest absolute Gasteiger partial charge is 0.306 e. The quantitative estimate of drug-likeness (QED) is 0.482. The molecule has 0 saturated heterocycles. The van der Waals surface area contributed by atoms with Gasteiger partial charge in [0.05, 0.1) is 11.5 Å². The minimum Gasteiger partial charge on any atom is -0.481 e. The van der Waals surface area contributed by atoms with E-state index in [0.717, 1.165) is 0 Å². The van der Waals surface area contributed by atoms with Crippen LogP contribution in [0.3, 0.4) is 0 Å². The fourth-order valence-electron chi connectivity index (χ4n) is 2.10. The number of nitrogens with one attached hydrogen (secondary N) is 1. The van der Waals surface area contributed by atoms with Crippen LogP contribution in [0, 0.1) is 5.92 Å². The summed E-state index contributed by atoms with van der Waals surface area (Å²) < 4.78 is 0. The zero-order chi connectivity index (χ0) is 12.0. The highest BCUT2D eigenvalue weighted by Gasteiger charge is 2.35. The molecule has 0 aliphatic heterocycles. The van der Waals surface area contributed by atoms with Crippen LogP contribution < -0.4 is 5.32 Å². The predicted molar refractivity (Wildman–Crippen MR) is 59.1 cm³/mol. The van der Waals surface area contributed by atoms with Crippen LogP contribution in [-0.4, -0.2) is 46.6 Å². The number of aliphatic hydroxyl groups is 2. The molecule has 4 N–H and O–H groups in total. The summed E-state index contributed by atoms with van der Waals surface area (Å²) in [5, 5.41) is 30.7.